The van der Waals surface area contributed by atoms with Gasteiger partial charge >= 0.3 is 0 Å². The third kappa shape index (κ3) is 1.25. The highest BCUT2D eigenvalue weighted by Gasteiger charge is 2.05. The topological polar surface area (TPSA) is 28.2 Å². The average Bonchev–Trinajstić information content (AvgIpc) is 2.56. The van der Waals surface area contributed by atoms with Gasteiger partial charge in [-0.05, 0) is 19.1 Å². The monoisotopic (exact) mass is 161 g/mol. The quantitative estimate of drug-likeness (QED) is 0.671. The van der Waals surface area contributed by atoms with Crippen LogP contribution in [0.25, 0.3) is 0 Å². The summed E-state index contributed by atoms with van der Waals surface area (Å²) in [6, 6.07) is 4.07. The summed E-state index contributed by atoms with van der Waals surface area (Å²) >= 11 is 0. The van der Waals surface area contributed by atoms with Crippen LogP contribution in [0.3, 0.4) is 0 Å². The van der Waals surface area contributed by atoms with Crippen molar-refractivity contribution in [2.24, 2.45) is 0 Å². The van der Waals surface area contributed by atoms with E-state index in [0.717, 1.165) is 12.4 Å². The van der Waals surface area contributed by atoms with E-state index in [0.29, 0.717) is 0 Å². The van der Waals surface area contributed by atoms with E-state index in [1.807, 2.05) is 31.6 Å². The molecule has 1 aliphatic heterocycles. The molecule has 0 aliphatic carbocycles. The minimum Gasteiger partial charge on any atom is -0.372 e. The third-order valence-corrected chi connectivity index (χ3v) is 1.85. The van der Waals surface area contributed by atoms with Crippen LogP contribution in [0.1, 0.15) is 5.69 Å². The first-order valence-corrected chi connectivity index (χ1v) is 3.95. The standard InChI is InChI=1S/C9H11N3/c1-8-6-9(2-3-11-8)12-5-4-10-7-12/h2-6,10H,7H2,1H3. The Bertz CT molecular complexity index is 306. The lowest BCUT2D eigenvalue weighted by molar-refractivity contribution is 0.898. The predicted octanol–water partition coefficient (Wildman–Crippen LogP) is 1.23. The van der Waals surface area contributed by atoms with E-state index in [9.17, 15) is 0 Å². The number of hydrogen-bond acceptors (Lipinski definition) is 3. The van der Waals surface area contributed by atoms with Gasteiger partial charge in [0.25, 0.3) is 0 Å². The largest absolute Gasteiger partial charge is 0.372 e. The summed E-state index contributed by atoms with van der Waals surface area (Å²) in [4.78, 5) is 6.27. The molecular weight excluding hydrogens is 150 g/mol. The molecule has 2 rings (SSSR count). The van der Waals surface area contributed by atoms with Crippen molar-refractivity contribution in [3.05, 3.63) is 36.4 Å². The second-order valence-electron chi connectivity index (χ2n) is 2.80. The van der Waals surface area contributed by atoms with Gasteiger partial charge in [0.05, 0.1) is 6.67 Å². The molecule has 0 unspecified atom stereocenters. The van der Waals surface area contributed by atoms with Crippen molar-refractivity contribution < 1.29 is 0 Å². The fraction of sp³-hybridized carbons (Fsp3) is 0.222. The van der Waals surface area contributed by atoms with Gasteiger partial charge in [-0.1, -0.05) is 0 Å². The van der Waals surface area contributed by atoms with Crippen molar-refractivity contribution in [1.29, 1.82) is 0 Å². The van der Waals surface area contributed by atoms with Crippen molar-refractivity contribution in [3.63, 3.8) is 0 Å². The highest BCUT2D eigenvalue weighted by atomic mass is 15.2. The van der Waals surface area contributed by atoms with E-state index in [1.54, 1.807) is 0 Å². The molecule has 1 aromatic rings. The van der Waals surface area contributed by atoms with Crippen molar-refractivity contribution >= 4 is 5.69 Å². The maximum absolute atomic E-state index is 4.14. The number of aromatic nitrogens is 1. The molecule has 0 spiro atoms. The number of rotatable bonds is 1. The van der Waals surface area contributed by atoms with E-state index in [1.165, 1.54) is 5.69 Å². The van der Waals surface area contributed by atoms with Gasteiger partial charge in [0.2, 0.25) is 0 Å². The molecule has 3 nitrogen and oxygen atoms in total. The van der Waals surface area contributed by atoms with Gasteiger partial charge < -0.3 is 10.2 Å². The third-order valence-electron chi connectivity index (χ3n) is 1.85. The Kier molecular flexibility index (Phi) is 1.70. The molecule has 0 saturated carbocycles. The first-order chi connectivity index (χ1) is 5.86. The number of pyridine rings is 1. The zero-order valence-electron chi connectivity index (χ0n) is 6.99. The molecule has 0 saturated heterocycles. The number of hydrogen-bond donors (Lipinski definition) is 1. The summed E-state index contributed by atoms with van der Waals surface area (Å²) < 4.78 is 0. The Hall–Kier alpha value is -1.51. The lowest BCUT2D eigenvalue weighted by Gasteiger charge is -2.14. The highest BCUT2D eigenvalue weighted by molar-refractivity contribution is 5.50. The second-order valence-corrected chi connectivity index (χ2v) is 2.80. The summed E-state index contributed by atoms with van der Waals surface area (Å²) in [5.74, 6) is 0. The Morgan fingerprint density at radius 1 is 1.58 bits per heavy atom. The Morgan fingerprint density at radius 3 is 3.17 bits per heavy atom. The minimum absolute atomic E-state index is 0.851. The maximum Gasteiger partial charge on any atom is 0.0916 e. The predicted molar refractivity (Wildman–Crippen MR) is 48.6 cm³/mol. The molecule has 12 heavy (non-hydrogen) atoms. The Morgan fingerprint density at radius 2 is 2.50 bits per heavy atom. The summed E-state index contributed by atoms with van der Waals surface area (Å²) in [5, 5.41) is 3.12. The fourth-order valence-corrected chi connectivity index (χ4v) is 1.23. The molecular formula is C9H11N3. The molecule has 2 heterocycles. The van der Waals surface area contributed by atoms with Crippen LogP contribution in [0.5, 0.6) is 0 Å². The zero-order valence-corrected chi connectivity index (χ0v) is 6.99. The first kappa shape index (κ1) is 7.16. The van der Waals surface area contributed by atoms with Gasteiger partial charge in [-0.15, -0.1) is 0 Å². The van der Waals surface area contributed by atoms with Gasteiger partial charge in [-0.3, -0.25) is 4.98 Å². The van der Waals surface area contributed by atoms with E-state index < -0.39 is 0 Å². The van der Waals surface area contributed by atoms with Crippen molar-refractivity contribution in [2.75, 3.05) is 11.6 Å². The molecule has 0 bridgehead atoms. The molecule has 62 valence electrons. The highest BCUT2D eigenvalue weighted by Crippen LogP contribution is 2.15. The molecule has 1 aliphatic rings. The second kappa shape index (κ2) is 2.85. The molecule has 0 radical (unpaired) electrons. The van der Waals surface area contributed by atoms with Crippen LogP contribution in [-0.2, 0) is 0 Å². The average molecular weight is 161 g/mol. The van der Waals surface area contributed by atoms with Gasteiger partial charge in [0, 0.05) is 30.0 Å². The zero-order chi connectivity index (χ0) is 8.39. The molecule has 0 aromatic carbocycles. The molecule has 0 amide bonds. The number of anilines is 1. The SMILES string of the molecule is Cc1cc(N2C=CNC2)ccn1. The maximum atomic E-state index is 4.14. The summed E-state index contributed by atoms with van der Waals surface area (Å²) in [5.41, 5.74) is 2.23. The van der Waals surface area contributed by atoms with Crippen molar-refractivity contribution in [3.8, 4) is 0 Å². The van der Waals surface area contributed by atoms with Crippen LogP contribution in [-0.4, -0.2) is 11.7 Å². The van der Waals surface area contributed by atoms with Gasteiger partial charge in [-0.2, -0.15) is 0 Å². The molecule has 1 N–H and O–H groups in total. The lowest BCUT2D eigenvalue weighted by atomic mass is 10.3. The van der Waals surface area contributed by atoms with E-state index in [-0.39, 0.29) is 0 Å². The Balaban J connectivity index is 2.27. The minimum atomic E-state index is 0.851. The van der Waals surface area contributed by atoms with Crippen LogP contribution in [0.15, 0.2) is 30.7 Å². The van der Waals surface area contributed by atoms with Crippen LogP contribution < -0.4 is 10.2 Å². The molecule has 1 aromatic heterocycles. The van der Waals surface area contributed by atoms with Gasteiger partial charge in [-0.25, -0.2) is 0 Å². The summed E-state index contributed by atoms with van der Waals surface area (Å²) in [6.07, 6.45) is 5.79. The van der Waals surface area contributed by atoms with Crippen LogP contribution >= 0.6 is 0 Å². The smallest absolute Gasteiger partial charge is 0.0916 e. The number of nitrogens with zero attached hydrogens (tertiary/aromatic N) is 2. The molecule has 3 heteroatoms. The summed E-state index contributed by atoms with van der Waals surface area (Å²) in [6.45, 7) is 2.85. The molecule has 0 fully saturated rings. The first-order valence-electron chi connectivity index (χ1n) is 3.95. The molecule has 0 atom stereocenters. The fourth-order valence-electron chi connectivity index (χ4n) is 1.23. The number of nitrogens with one attached hydrogen (secondary N) is 1. The van der Waals surface area contributed by atoms with E-state index >= 15 is 0 Å². The van der Waals surface area contributed by atoms with Crippen LogP contribution in [0, 0.1) is 6.92 Å². The van der Waals surface area contributed by atoms with Crippen LogP contribution in [0.2, 0.25) is 0 Å². The summed E-state index contributed by atoms with van der Waals surface area (Å²) in [7, 11) is 0. The van der Waals surface area contributed by atoms with E-state index in [4.69, 9.17) is 0 Å². The lowest BCUT2D eigenvalue weighted by Crippen LogP contribution is -2.19. The van der Waals surface area contributed by atoms with Crippen LogP contribution in [0.4, 0.5) is 5.69 Å². The van der Waals surface area contributed by atoms with Crippen molar-refractivity contribution in [2.45, 2.75) is 6.92 Å². The Labute approximate surface area is 71.7 Å². The van der Waals surface area contributed by atoms with Gasteiger partial charge in [0.15, 0.2) is 0 Å². The number of aryl methyl sites for hydroxylation is 1. The van der Waals surface area contributed by atoms with Crippen molar-refractivity contribution in [1.82, 2.24) is 10.3 Å². The normalized spacial score (nSPS) is 14.9. The van der Waals surface area contributed by atoms with E-state index in [2.05, 4.69) is 21.3 Å². The van der Waals surface area contributed by atoms with Gasteiger partial charge in [0.1, 0.15) is 0 Å².